The lowest BCUT2D eigenvalue weighted by Gasteiger charge is -2.48. The Bertz CT molecular complexity index is 3670. The highest BCUT2D eigenvalue weighted by molar-refractivity contribution is 7.00. The van der Waals surface area contributed by atoms with Crippen molar-refractivity contribution >= 4 is 68.6 Å². The van der Waals surface area contributed by atoms with Crippen molar-refractivity contribution in [3.8, 4) is 11.1 Å². The molecule has 12 rings (SSSR count). The molecule has 7 aromatic rings. The van der Waals surface area contributed by atoms with Gasteiger partial charge in [0.2, 0.25) is 0 Å². The third kappa shape index (κ3) is 8.09. The molecule has 7 aromatic carbocycles. The summed E-state index contributed by atoms with van der Waals surface area (Å²) >= 11 is 0. The van der Waals surface area contributed by atoms with Gasteiger partial charge in [0, 0.05) is 50.9 Å². The molecule has 0 unspecified atom stereocenters. The van der Waals surface area contributed by atoms with E-state index in [-0.39, 0.29) is 50.0 Å². The summed E-state index contributed by atoms with van der Waals surface area (Å²) in [4.78, 5) is 5.40. The molecule has 0 atom stereocenters. The van der Waals surface area contributed by atoms with E-state index in [1.165, 1.54) is 137 Å². The zero-order valence-corrected chi connectivity index (χ0v) is 51.3. The molecule has 0 aromatic heterocycles. The Kier molecular flexibility index (Phi) is 11.3. The van der Waals surface area contributed by atoms with Gasteiger partial charge in [0.25, 0.3) is 6.71 Å². The highest BCUT2D eigenvalue weighted by atomic mass is 15.2. The van der Waals surface area contributed by atoms with E-state index in [2.05, 4.69) is 269 Å². The van der Waals surface area contributed by atoms with Crippen LogP contribution in [0.25, 0.3) is 11.1 Å². The minimum absolute atomic E-state index is 0.00606. The fraction of sp³-hybridized carbons (Fsp3) is 0.432. The molecule has 3 nitrogen and oxygen atoms in total. The summed E-state index contributed by atoms with van der Waals surface area (Å²) < 4.78 is 0. The summed E-state index contributed by atoms with van der Waals surface area (Å²) in [6.07, 6.45) is 4.70. The molecule has 402 valence electrons. The molecule has 78 heavy (non-hydrogen) atoms. The van der Waals surface area contributed by atoms with E-state index in [0.717, 1.165) is 17.8 Å². The van der Waals surface area contributed by atoms with Gasteiger partial charge in [0.05, 0.1) is 0 Å². The Hall–Kier alpha value is -6.00. The maximum atomic E-state index is 3.99. The second kappa shape index (κ2) is 16.8. The van der Waals surface area contributed by atoms with E-state index in [4.69, 9.17) is 0 Å². The topological polar surface area (TPSA) is 18.5 Å². The monoisotopic (exact) mass is 1030 g/mol. The van der Waals surface area contributed by atoms with Gasteiger partial charge in [0.15, 0.2) is 0 Å². The van der Waals surface area contributed by atoms with Gasteiger partial charge in [0.1, 0.15) is 0 Å². The smallest absolute Gasteiger partial charge is 0.252 e. The van der Waals surface area contributed by atoms with Crippen LogP contribution in [-0.2, 0) is 43.3 Å². The maximum Gasteiger partial charge on any atom is 0.252 e. The second-order valence-corrected chi connectivity index (χ2v) is 31.0. The van der Waals surface area contributed by atoms with Crippen molar-refractivity contribution < 1.29 is 0 Å². The Morgan fingerprint density at radius 2 is 0.859 bits per heavy atom. The SMILES string of the molecule is Cc1cc(C(C)(C)C)ccc1Nc1ccc2c(c1)N(c1ccc3c(c1)C(C)(C)c1cc(C(C)(C)C)ccc1-3)c1cc(C(C)(C)C)cc3c1B2c1cc2c(cc1N3c1ccc3c(c1)C(C)(C)CCC3(C)C)C(C)(C)CCC2(C)C. The predicted molar refractivity (Wildman–Crippen MR) is 339 cm³/mol. The largest absolute Gasteiger partial charge is 0.355 e. The van der Waals surface area contributed by atoms with Crippen molar-refractivity contribution in [1.29, 1.82) is 0 Å². The fourth-order valence-corrected chi connectivity index (χ4v) is 14.6. The van der Waals surface area contributed by atoms with Crippen LogP contribution in [0.15, 0.2) is 115 Å². The molecule has 0 spiro atoms. The number of anilines is 8. The van der Waals surface area contributed by atoms with Crippen LogP contribution in [-0.4, -0.2) is 6.71 Å². The Morgan fingerprint density at radius 3 is 1.42 bits per heavy atom. The van der Waals surface area contributed by atoms with E-state index >= 15 is 0 Å². The first-order valence-corrected chi connectivity index (χ1v) is 29.6. The number of fused-ring (bicyclic) bond motifs is 9. The van der Waals surface area contributed by atoms with E-state index < -0.39 is 0 Å². The van der Waals surface area contributed by atoms with Crippen LogP contribution in [0.5, 0.6) is 0 Å². The first-order chi connectivity index (χ1) is 36.2. The molecular weight excluding hydrogens is 942 g/mol. The van der Waals surface area contributed by atoms with E-state index in [0.29, 0.717) is 0 Å². The van der Waals surface area contributed by atoms with Crippen LogP contribution in [0, 0.1) is 6.92 Å². The van der Waals surface area contributed by atoms with Gasteiger partial charge < -0.3 is 15.1 Å². The molecule has 0 fully saturated rings. The number of hydrogen-bond donors (Lipinski definition) is 1. The van der Waals surface area contributed by atoms with Crippen molar-refractivity contribution in [2.75, 3.05) is 15.1 Å². The van der Waals surface area contributed by atoms with Crippen LogP contribution < -0.4 is 31.5 Å². The summed E-state index contributed by atoms with van der Waals surface area (Å²) in [5.74, 6) is 0. The van der Waals surface area contributed by atoms with E-state index in [1.807, 2.05) is 0 Å². The quantitative estimate of drug-likeness (QED) is 0.177. The molecule has 0 radical (unpaired) electrons. The normalized spacial score (nSPS) is 18.7. The van der Waals surface area contributed by atoms with Crippen LogP contribution in [0.4, 0.5) is 45.5 Å². The van der Waals surface area contributed by atoms with Gasteiger partial charge >= 0.3 is 0 Å². The molecule has 0 amide bonds. The summed E-state index contributed by atoms with van der Waals surface area (Å²) in [5, 5.41) is 3.99. The Balaban J connectivity index is 1.16. The van der Waals surface area contributed by atoms with Gasteiger partial charge in [-0.2, -0.15) is 0 Å². The maximum absolute atomic E-state index is 3.99. The lowest BCUT2D eigenvalue weighted by molar-refractivity contribution is 0.332. The predicted octanol–water partition coefficient (Wildman–Crippen LogP) is 18.7. The zero-order valence-electron chi connectivity index (χ0n) is 51.3. The zero-order chi connectivity index (χ0) is 56.0. The summed E-state index contributed by atoms with van der Waals surface area (Å²) in [5.41, 5.74) is 30.8. The average Bonchev–Trinajstić information content (AvgIpc) is 2.98. The van der Waals surface area contributed by atoms with Gasteiger partial charge in [-0.15, -0.1) is 0 Å². The standard InChI is InChI=1S/C74H88BN3/c1-44-35-45(67(2,3)4)22-30-61(44)76-48-23-29-59-62(39-48)77(49-24-27-52-51-26-21-46(68(5,6)7)36-54(51)74(19,20)55(52)40-49)64-37-47(69(8,9)10)38-65-66(64)75(59)60-42-57-58(73(17,18)34-33-72(57,15)16)43-63(60)78(65)50-25-28-53-56(41-50)71(13,14)32-31-70(53,11)12/h21-30,35-43,76H,31-34H2,1-20H3. The lowest BCUT2D eigenvalue weighted by Crippen LogP contribution is -2.62. The molecule has 3 aliphatic carbocycles. The van der Waals surface area contributed by atoms with E-state index in [1.54, 1.807) is 0 Å². The van der Waals surface area contributed by atoms with Crippen LogP contribution in [0.2, 0.25) is 0 Å². The molecule has 5 aliphatic rings. The molecule has 0 saturated carbocycles. The van der Waals surface area contributed by atoms with Gasteiger partial charge in [-0.3, -0.25) is 0 Å². The van der Waals surface area contributed by atoms with Crippen LogP contribution >= 0.6 is 0 Å². The number of benzene rings is 7. The minimum atomic E-state index is -0.194. The molecular formula is C74H88BN3. The van der Waals surface area contributed by atoms with Crippen molar-refractivity contribution in [1.82, 2.24) is 0 Å². The Labute approximate surface area is 470 Å². The van der Waals surface area contributed by atoms with Gasteiger partial charge in [-0.25, -0.2) is 0 Å². The van der Waals surface area contributed by atoms with Crippen LogP contribution in [0.3, 0.4) is 0 Å². The van der Waals surface area contributed by atoms with E-state index in [9.17, 15) is 0 Å². The van der Waals surface area contributed by atoms with Crippen molar-refractivity contribution in [2.24, 2.45) is 0 Å². The fourth-order valence-electron chi connectivity index (χ4n) is 14.6. The van der Waals surface area contributed by atoms with Gasteiger partial charge in [-0.05, 0) is 214 Å². The molecule has 0 bridgehead atoms. The van der Waals surface area contributed by atoms with Crippen molar-refractivity contribution in [2.45, 2.75) is 207 Å². The number of rotatable bonds is 4. The molecule has 2 aliphatic heterocycles. The summed E-state index contributed by atoms with van der Waals surface area (Å²) in [6, 6.07) is 47.1. The second-order valence-electron chi connectivity index (χ2n) is 31.0. The van der Waals surface area contributed by atoms with Crippen molar-refractivity contribution in [3.63, 3.8) is 0 Å². The number of nitrogens with zero attached hydrogens (tertiary/aromatic N) is 2. The van der Waals surface area contributed by atoms with Crippen LogP contribution in [0.1, 0.15) is 213 Å². The first kappa shape index (κ1) is 52.7. The third-order valence-corrected chi connectivity index (χ3v) is 20.2. The Morgan fingerprint density at radius 1 is 0.397 bits per heavy atom. The summed E-state index contributed by atoms with van der Waals surface area (Å²) in [6.45, 7) is 48.1. The van der Waals surface area contributed by atoms with Gasteiger partial charge in [-0.1, -0.05) is 186 Å². The number of aryl methyl sites for hydroxylation is 1. The third-order valence-electron chi connectivity index (χ3n) is 20.2. The minimum Gasteiger partial charge on any atom is -0.355 e. The first-order valence-electron chi connectivity index (χ1n) is 29.6. The molecule has 4 heteroatoms. The number of nitrogens with one attached hydrogen (secondary N) is 1. The average molecular weight is 1030 g/mol. The molecule has 0 saturated heterocycles. The van der Waals surface area contributed by atoms with Crippen molar-refractivity contribution in [3.05, 3.63) is 171 Å². The molecule has 2 heterocycles. The highest BCUT2D eigenvalue weighted by Gasteiger charge is 2.48. The number of hydrogen-bond acceptors (Lipinski definition) is 3. The highest BCUT2D eigenvalue weighted by Crippen LogP contribution is 2.56. The lowest BCUT2D eigenvalue weighted by atomic mass is 9.33. The molecule has 1 N–H and O–H groups in total. The summed E-state index contributed by atoms with van der Waals surface area (Å²) in [7, 11) is 0.